The molecule has 23 heavy (non-hydrogen) atoms. The van der Waals surface area contributed by atoms with Gasteiger partial charge in [-0.15, -0.1) is 0 Å². The number of aliphatic hydroxyl groups excluding tert-OH is 1. The van der Waals surface area contributed by atoms with Crippen molar-refractivity contribution >= 4 is 25.2 Å². The fraction of sp³-hybridized carbons (Fsp3) is 0.933. The van der Waals surface area contributed by atoms with Crippen molar-refractivity contribution in [3.8, 4) is 0 Å². The summed E-state index contributed by atoms with van der Waals surface area (Å²) < 4.78 is 26.6. The second-order valence-electron chi connectivity index (χ2n) is 7.96. The van der Waals surface area contributed by atoms with Gasteiger partial charge in [0.15, 0.2) is 19.7 Å². The van der Waals surface area contributed by atoms with Crippen molar-refractivity contribution in [1.29, 1.82) is 0 Å². The lowest BCUT2D eigenvalue weighted by atomic mass is 10.0. The fourth-order valence-electron chi connectivity index (χ4n) is 2.25. The predicted octanol–water partition coefficient (Wildman–Crippen LogP) is 2.47. The smallest absolute Gasteiger partial charge is 0.192 e. The van der Waals surface area contributed by atoms with E-state index in [9.17, 15) is 9.50 Å². The van der Waals surface area contributed by atoms with E-state index in [1.165, 1.54) is 11.8 Å². The van der Waals surface area contributed by atoms with Gasteiger partial charge in [0.1, 0.15) is 23.7 Å². The zero-order chi connectivity index (χ0) is 17.6. The van der Waals surface area contributed by atoms with Gasteiger partial charge in [-0.3, -0.25) is 4.99 Å². The van der Waals surface area contributed by atoms with Crippen LogP contribution in [0.1, 0.15) is 20.8 Å². The van der Waals surface area contributed by atoms with E-state index in [4.69, 9.17) is 9.16 Å². The number of thioether (sulfide) groups is 1. The number of alkyl halides is 1. The Balaban J connectivity index is 2.02. The molecule has 0 unspecified atom stereocenters. The van der Waals surface area contributed by atoms with Crippen LogP contribution in [0.3, 0.4) is 0 Å². The minimum Gasteiger partial charge on any atom is -0.414 e. The molecule has 0 saturated carbocycles. The number of hydrogen-bond donors (Lipinski definition) is 1. The van der Waals surface area contributed by atoms with Gasteiger partial charge in [-0.1, -0.05) is 32.5 Å². The molecule has 2 heterocycles. The van der Waals surface area contributed by atoms with Crippen LogP contribution in [-0.2, 0) is 9.16 Å². The molecule has 2 aliphatic rings. The lowest BCUT2D eigenvalue weighted by molar-refractivity contribution is -0.143. The molecule has 0 spiro atoms. The molecule has 0 radical (unpaired) electrons. The number of rotatable bonds is 3. The van der Waals surface area contributed by atoms with Crippen LogP contribution in [0.25, 0.3) is 0 Å². The number of nitrogens with zero attached hydrogens (tertiary/aromatic N) is 2. The third-order valence-corrected chi connectivity index (χ3v) is 10.7. The Hall–Kier alpha value is -0.153. The summed E-state index contributed by atoms with van der Waals surface area (Å²) >= 11 is 1.41. The zero-order valence-corrected chi connectivity index (χ0v) is 16.9. The number of aliphatic imine (C=N–C) groups is 1. The van der Waals surface area contributed by atoms with Crippen LogP contribution in [-0.4, -0.2) is 74.1 Å². The number of amidine groups is 1. The monoisotopic (exact) mass is 364 g/mol. The molecule has 0 aliphatic carbocycles. The van der Waals surface area contributed by atoms with Crippen LogP contribution in [0.2, 0.25) is 18.1 Å². The summed E-state index contributed by atoms with van der Waals surface area (Å²) in [6.45, 7) is 10.9. The van der Waals surface area contributed by atoms with Gasteiger partial charge in [0.25, 0.3) is 0 Å². The molecule has 1 saturated heterocycles. The molecule has 5 nitrogen and oxygen atoms in total. The van der Waals surface area contributed by atoms with Crippen molar-refractivity contribution in [2.45, 2.75) is 68.8 Å². The second kappa shape index (κ2) is 6.63. The lowest BCUT2D eigenvalue weighted by Gasteiger charge is -2.41. The van der Waals surface area contributed by atoms with Crippen molar-refractivity contribution in [1.82, 2.24) is 4.90 Å². The van der Waals surface area contributed by atoms with Crippen molar-refractivity contribution in [2.75, 3.05) is 20.7 Å². The van der Waals surface area contributed by atoms with Crippen LogP contribution < -0.4 is 0 Å². The first-order valence-electron chi connectivity index (χ1n) is 7.97. The molecule has 2 aliphatic heterocycles. The Morgan fingerprint density at radius 1 is 1.39 bits per heavy atom. The van der Waals surface area contributed by atoms with Gasteiger partial charge in [0, 0.05) is 14.1 Å². The summed E-state index contributed by atoms with van der Waals surface area (Å²) in [4.78, 5) is 6.18. The summed E-state index contributed by atoms with van der Waals surface area (Å²) in [5, 5.41) is 11.1. The van der Waals surface area contributed by atoms with Crippen LogP contribution in [0, 0.1) is 0 Å². The zero-order valence-electron chi connectivity index (χ0n) is 15.0. The highest BCUT2D eigenvalue weighted by Gasteiger charge is 2.50. The summed E-state index contributed by atoms with van der Waals surface area (Å²) in [6.07, 6.45) is -3.27. The van der Waals surface area contributed by atoms with Crippen molar-refractivity contribution in [2.24, 2.45) is 4.99 Å². The number of hydrogen-bond acceptors (Lipinski definition) is 6. The molecule has 1 fully saturated rings. The van der Waals surface area contributed by atoms with Gasteiger partial charge in [-0.2, -0.15) is 0 Å². The minimum atomic E-state index is -1.96. The van der Waals surface area contributed by atoms with Crippen molar-refractivity contribution in [3.05, 3.63) is 0 Å². The SMILES string of the molecule is CN(C)C1=N[C@@H]2[C@@H](F)[C@H](O)[C@@H](CO[Si](C)(C)C(C)(C)C)O[C@@H]2S1. The van der Waals surface area contributed by atoms with Gasteiger partial charge in [-0.25, -0.2) is 4.39 Å². The fourth-order valence-corrected chi connectivity index (χ4v) is 4.41. The van der Waals surface area contributed by atoms with Crippen molar-refractivity contribution < 1.29 is 18.7 Å². The maximum atomic E-state index is 14.6. The van der Waals surface area contributed by atoms with Crippen LogP contribution in [0.15, 0.2) is 4.99 Å². The van der Waals surface area contributed by atoms with Crippen molar-refractivity contribution in [3.63, 3.8) is 0 Å². The van der Waals surface area contributed by atoms with Gasteiger partial charge in [-0.05, 0) is 18.1 Å². The summed E-state index contributed by atoms with van der Waals surface area (Å²) in [5.74, 6) is 0. The molecule has 0 aromatic carbocycles. The molecular weight excluding hydrogens is 335 g/mol. The maximum Gasteiger partial charge on any atom is 0.192 e. The Morgan fingerprint density at radius 3 is 2.52 bits per heavy atom. The minimum absolute atomic E-state index is 0.0631. The molecule has 0 aromatic heterocycles. The van der Waals surface area contributed by atoms with Gasteiger partial charge < -0.3 is 19.2 Å². The molecule has 134 valence electrons. The average Bonchev–Trinajstić information content (AvgIpc) is 2.84. The quantitative estimate of drug-likeness (QED) is 0.780. The van der Waals surface area contributed by atoms with E-state index in [-0.39, 0.29) is 17.1 Å². The van der Waals surface area contributed by atoms with E-state index >= 15 is 0 Å². The number of ether oxygens (including phenoxy) is 1. The van der Waals surface area contributed by atoms with E-state index in [1.54, 1.807) is 0 Å². The summed E-state index contributed by atoms with van der Waals surface area (Å²) in [5.41, 5.74) is -0.390. The van der Waals surface area contributed by atoms with Crippen LogP contribution in [0.5, 0.6) is 0 Å². The Kier molecular flexibility index (Phi) is 5.53. The number of aliphatic hydroxyl groups is 1. The highest BCUT2D eigenvalue weighted by Crippen LogP contribution is 2.40. The van der Waals surface area contributed by atoms with E-state index in [0.29, 0.717) is 0 Å². The van der Waals surface area contributed by atoms with Crippen LogP contribution in [0.4, 0.5) is 4.39 Å². The Morgan fingerprint density at radius 2 is 2.00 bits per heavy atom. The highest BCUT2D eigenvalue weighted by atomic mass is 32.2. The Bertz CT molecular complexity index is 470. The largest absolute Gasteiger partial charge is 0.414 e. The molecule has 5 atom stereocenters. The number of fused-ring (bicyclic) bond motifs is 1. The van der Waals surface area contributed by atoms with E-state index in [0.717, 1.165) is 5.17 Å². The van der Waals surface area contributed by atoms with E-state index < -0.39 is 32.7 Å². The van der Waals surface area contributed by atoms with E-state index in [1.807, 2.05) is 19.0 Å². The topological polar surface area (TPSA) is 54.3 Å². The third kappa shape index (κ3) is 3.92. The van der Waals surface area contributed by atoms with Crippen LogP contribution >= 0.6 is 11.8 Å². The predicted molar refractivity (Wildman–Crippen MR) is 95.2 cm³/mol. The first-order valence-corrected chi connectivity index (χ1v) is 11.8. The molecule has 8 heteroatoms. The molecule has 1 N–H and O–H groups in total. The lowest BCUT2D eigenvalue weighted by Crippen LogP contribution is -2.55. The maximum absolute atomic E-state index is 14.6. The summed E-state index contributed by atoms with van der Waals surface area (Å²) in [7, 11) is 1.77. The summed E-state index contributed by atoms with van der Waals surface area (Å²) in [6, 6.07) is -0.642. The standard InChI is InChI=1S/C15H29FN2O3SSi/c1-15(2,3)23(6,7)20-8-9-12(19)10(16)11-13(21-9)22-14(17-11)18(4)5/h9-13,19H,8H2,1-7H3/t9-,10-,11-,12-,13-/m1/s1. The normalized spacial score (nSPS) is 35.0. The highest BCUT2D eigenvalue weighted by molar-refractivity contribution is 8.14. The molecule has 0 amide bonds. The third-order valence-electron chi connectivity index (χ3n) is 4.90. The number of halogens is 1. The molecular formula is C15H29FN2O3SSi. The average molecular weight is 365 g/mol. The van der Waals surface area contributed by atoms with E-state index in [2.05, 4.69) is 38.9 Å². The van der Waals surface area contributed by atoms with Gasteiger partial charge in [0.2, 0.25) is 0 Å². The first-order chi connectivity index (χ1) is 10.4. The second-order valence-corrected chi connectivity index (χ2v) is 13.8. The van der Waals surface area contributed by atoms with Gasteiger partial charge >= 0.3 is 0 Å². The Labute approximate surface area is 143 Å². The molecule has 0 aromatic rings. The molecule has 0 bridgehead atoms. The molecule has 2 rings (SSSR count). The first kappa shape index (κ1) is 19.2. The van der Waals surface area contributed by atoms with Gasteiger partial charge in [0.05, 0.1) is 6.61 Å².